The molecule has 2 aromatic rings. The van der Waals surface area contributed by atoms with E-state index in [9.17, 15) is 5.11 Å². The maximum absolute atomic E-state index is 11.0. The van der Waals surface area contributed by atoms with Gasteiger partial charge in [-0.15, -0.1) is 0 Å². The second-order valence-electron chi connectivity index (χ2n) is 6.07. The molecule has 1 saturated heterocycles. The fourth-order valence-electron chi connectivity index (χ4n) is 3.24. The summed E-state index contributed by atoms with van der Waals surface area (Å²) in [7, 11) is 0. The van der Waals surface area contributed by atoms with Crippen molar-refractivity contribution in [3.8, 4) is 0 Å². The first-order valence-electron chi connectivity index (χ1n) is 7.92. The summed E-state index contributed by atoms with van der Waals surface area (Å²) < 4.78 is 2.29. The Balaban J connectivity index is 1.97. The Labute approximate surface area is 130 Å². The number of thioether (sulfide) groups is 1. The van der Waals surface area contributed by atoms with E-state index in [1.807, 2.05) is 17.8 Å². The van der Waals surface area contributed by atoms with Gasteiger partial charge < -0.3 is 9.67 Å². The maximum Gasteiger partial charge on any atom is 0.112 e. The molecule has 2 atom stereocenters. The van der Waals surface area contributed by atoms with Crippen LogP contribution in [-0.2, 0) is 13.0 Å². The summed E-state index contributed by atoms with van der Waals surface area (Å²) >= 11 is 1.88. The molecular weight excluding hydrogens is 280 g/mol. The molecule has 114 valence electrons. The highest BCUT2D eigenvalue weighted by Gasteiger charge is 2.38. The van der Waals surface area contributed by atoms with Crippen molar-refractivity contribution in [2.24, 2.45) is 0 Å². The Morgan fingerprint density at radius 2 is 2.24 bits per heavy atom. The molecule has 1 N–H and O–H groups in total. The number of hydrogen-bond donors (Lipinski definition) is 1. The second-order valence-corrected chi connectivity index (χ2v) is 7.51. The highest BCUT2D eigenvalue weighted by molar-refractivity contribution is 8.00. The van der Waals surface area contributed by atoms with Gasteiger partial charge in [0, 0.05) is 18.2 Å². The van der Waals surface area contributed by atoms with Gasteiger partial charge in [-0.25, -0.2) is 4.98 Å². The molecule has 0 aliphatic carbocycles. The summed E-state index contributed by atoms with van der Waals surface area (Å²) in [5.41, 5.74) is 1.62. The van der Waals surface area contributed by atoms with Crippen LogP contribution in [0.3, 0.4) is 0 Å². The number of aliphatic hydroxyl groups is 1. The summed E-state index contributed by atoms with van der Waals surface area (Å²) in [4.78, 5) is 4.80. The topological polar surface area (TPSA) is 38.0 Å². The number of para-hydroxylation sites is 2. The molecule has 1 aromatic heterocycles. The van der Waals surface area contributed by atoms with Crippen LogP contribution in [0.5, 0.6) is 0 Å². The molecule has 2 heterocycles. The molecule has 1 aliphatic rings. The molecule has 3 nitrogen and oxygen atoms in total. The van der Waals surface area contributed by atoms with Gasteiger partial charge in [-0.3, -0.25) is 0 Å². The summed E-state index contributed by atoms with van der Waals surface area (Å²) in [5, 5.41) is 11.3. The molecule has 0 spiro atoms. The molecule has 1 aromatic carbocycles. The van der Waals surface area contributed by atoms with E-state index >= 15 is 0 Å². The quantitative estimate of drug-likeness (QED) is 0.937. The van der Waals surface area contributed by atoms with Crippen molar-refractivity contribution < 1.29 is 5.11 Å². The van der Waals surface area contributed by atoms with Crippen LogP contribution in [0.15, 0.2) is 24.3 Å². The van der Waals surface area contributed by atoms with E-state index in [4.69, 9.17) is 4.98 Å². The number of aromatic nitrogens is 2. The zero-order chi connectivity index (χ0) is 14.9. The third-order valence-electron chi connectivity index (χ3n) is 4.52. The molecule has 0 saturated carbocycles. The van der Waals surface area contributed by atoms with Crippen LogP contribution in [0, 0.1) is 0 Å². The smallest absolute Gasteiger partial charge is 0.112 e. The second kappa shape index (κ2) is 6.01. The lowest BCUT2D eigenvalue weighted by Gasteiger charge is -2.37. The zero-order valence-electron chi connectivity index (χ0n) is 12.9. The number of benzene rings is 1. The van der Waals surface area contributed by atoms with Crippen molar-refractivity contribution in [3.05, 3.63) is 30.1 Å². The normalized spacial score (nSPS) is 26.3. The van der Waals surface area contributed by atoms with Crippen molar-refractivity contribution in [1.29, 1.82) is 0 Å². The van der Waals surface area contributed by atoms with Crippen molar-refractivity contribution >= 4 is 22.8 Å². The number of aryl methyl sites for hydroxylation is 1. The van der Waals surface area contributed by atoms with Crippen LogP contribution in [0.4, 0.5) is 0 Å². The number of hydrogen-bond acceptors (Lipinski definition) is 3. The maximum atomic E-state index is 11.0. The molecule has 3 rings (SSSR count). The van der Waals surface area contributed by atoms with E-state index in [0.717, 1.165) is 42.9 Å². The Morgan fingerprint density at radius 1 is 1.43 bits per heavy atom. The SMILES string of the molecule is CCCn1c(CC2(O)CCCSC2C)nc2ccccc21. The number of rotatable bonds is 4. The molecule has 0 radical (unpaired) electrons. The van der Waals surface area contributed by atoms with Crippen molar-refractivity contribution in [2.45, 2.75) is 56.9 Å². The van der Waals surface area contributed by atoms with Gasteiger partial charge in [0.1, 0.15) is 5.82 Å². The minimum absolute atomic E-state index is 0.279. The Kier molecular flexibility index (Phi) is 4.27. The number of fused-ring (bicyclic) bond motifs is 1. The lowest BCUT2D eigenvalue weighted by molar-refractivity contribution is 0.0272. The molecule has 2 unspecified atom stereocenters. The molecule has 0 amide bonds. The average Bonchev–Trinajstić information content (AvgIpc) is 2.81. The van der Waals surface area contributed by atoms with Gasteiger partial charge in [0.15, 0.2) is 0 Å². The van der Waals surface area contributed by atoms with Crippen LogP contribution < -0.4 is 0 Å². The lowest BCUT2D eigenvalue weighted by Crippen LogP contribution is -2.44. The van der Waals surface area contributed by atoms with E-state index < -0.39 is 5.60 Å². The summed E-state index contributed by atoms with van der Waals surface area (Å²) in [6.45, 7) is 5.30. The van der Waals surface area contributed by atoms with E-state index in [2.05, 4.69) is 36.6 Å². The van der Waals surface area contributed by atoms with E-state index in [1.165, 1.54) is 5.52 Å². The highest BCUT2D eigenvalue weighted by Crippen LogP contribution is 2.36. The first-order chi connectivity index (χ1) is 10.1. The highest BCUT2D eigenvalue weighted by atomic mass is 32.2. The molecule has 1 aliphatic heterocycles. The third kappa shape index (κ3) is 2.84. The number of nitrogens with zero attached hydrogens (tertiary/aromatic N) is 2. The molecular formula is C17H24N2OS. The Bertz CT molecular complexity index is 624. The lowest BCUT2D eigenvalue weighted by atomic mass is 9.90. The predicted molar refractivity (Wildman–Crippen MR) is 89.8 cm³/mol. The van der Waals surface area contributed by atoms with Gasteiger partial charge >= 0.3 is 0 Å². The van der Waals surface area contributed by atoms with Crippen LogP contribution in [0.1, 0.15) is 38.9 Å². The first kappa shape index (κ1) is 14.9. The summed E-state index contributed by atoms with van der Waals surface area (Å²) in [6.07, 6.45) is 3.72. The van der Waals surface area contributed by atoms with Gasteiger partial charge in [-0.05, 0) is 37.1 Å². The van der Waals surface area contributed by atoms with E-state index in [0.29, 0.717) is 6.42 Å². The van der Waals surface area contributed by atoms with Crippen LogP contribution in [0.2, 0.25) is 0 Å². The summed E-state index contributed by atoms with van der Waals surface area (Å²) in [6, 6.07) is 8.29. The van der Waals surface area contributed by atoms with Crippen LogP contribution in [0.25, 0.3) is 11.0 Å². The molecule has 0 bridgehead atoms. The molecule has 4 heteroatoms. The molecule has 21 heavy (non-hydrogen) atoms. The van der Waals surface area contributed by atoms with Crippen molar-refractivity contribution in [2.75, 3.05) is 5.75 Å². The van der Waals surface area contributed by atoms with Gasteiger partial charge in [0.2, 0.25) is 0 Å². The fourth-order valence-corrected chi connectivity index (χ4v) is 4.41. The minimum Gasteiger partial charge on any atom is -0.388 e. The average molecular weight is 304 g/mol. The van der Waals surface area contributed by atoms with Gasteiger partial charge in [0.05, 0.1) is 16.6 Å². The van der Waals surface area contributed by atoms with Crippen LogP contribution >= 0.6 is 11.8 Å². The van der Waals surface area contributed by atoms with E-state index in [1.54, 1.807) is 0 Å². The zero-order valence-corrected chi connectivity index (χ0v) is 13.7. The third-order valence-corrected chi connectivity index (χ3v) is 5.99. The monoisotopic (exact) mass is 304 g/mol. The Morgan fingerprint density at radius 3 is 3.00 bits per heavy atom. The first-order valence-corrected chi connectivity index (χ1v) is 8.97. The van der Waals surface area contributed by atoms with Crippen molar-refractivity contribution in [3.63, 3.8) is 0 Å². The van der Waals surface area contributed by atoms with Crippen molar-refractivity contribution in [1.82, 2.24) is 9.55 Å². The summed E-state index contributed by atoms with van der Waals surface area (Å²) in [5.74, 6) is 2.20. The Hall–Kier alpha value is -1.00. The van der Waals surface area contributed by atoms with Crippen LogP contribution in [-0.4, -0.2) is 31.3 Å². The number of imidazole rings is 1. The van der Waals surface area contributed by atoms with Gasteiger partial charge in [0.25, 0.3) is 0 Å². The fraction of sp³-hybridized carbons (Fsp3) is 0.588. The van der Waals surface area contributed by atoms with Gasteiger partial charge in [-0.2, -0.15) is 11.8 Å². The largest absolute Gasteiger partial charge is 0.388 e. The standard InChI is InChI=1S/C17H24N2OS/c1-3-10-19-15-8-5-4-7-14(15)18-16(19)12-17(20)9-6-11-21-13(17)2/h4-5,7-8,13,20H,3,6,9-12H2,1-2H3. The van der Waals surface area contributed by atoms with Gasteiger partial charge in [-0.1, -0.05) is 26.0 Å². The molecule has 1 fully saturated rings. The predicted octanol–water partition coefficient (Wildman–Crippen LogP) is 3.64. The minimum atomic E-state index is -0.615. The van der Waals surface area contributed by atoms with E-state index in [-0.39, 0.29) is 5.25 Å².